The van der Waals surface area contributed by atoms with Gasteiger partial charge in [-0.2, -0.15) is 0 Å². The van der Waals surface area contributed by atoms with E-state index < -0.39 is 0 Å². The summed E-state index contributed by atoms with van der Waals surface area (Å²) >= 11 is 12.1. The molecule has 1 N–H and O–H groups in total. The van der Waals surface area contributed by atoms with Gasteiger partial charge in [-0.25, -0.2) is 9.37 Å². The van der Waals surface area contributed by atoms with Crippen LogP contribution in [0, 0.1) is 5.82 Å². The average molecular weight is 407 g/mol. The number of oxazole rings is 1. The number of halogens is 3. The summed E-state index contributed by atoms with van der Waals surface area (Å²) in [5.74, 6) is 0.163. The summed E-state index contributed by atoms with van der Waals surface area (Å²) < 4.78 is 19.3. The highest BCUT2D eigenvalue weighted by molar-refractivity contribution is 6.35. The first-order valence-corrected chi connectivity index (χ1v) is 9.13. The van der Waals surface area contributed by atoms with Crippen LogP contribution in [-0.2, 0) is 11.2 Å². The van der Waals surface area contributed by atoms with Crippen LogP contribution in [0.15, 0.2) is 53.1 Å². The van der Waals surface area contributed by atoms with Crippen molar-refractivity contribution in [2.24, 2.45) is 0 Å². The molecule has 0 bridgehead atoms. The maximum atomic E-state index is 13.8. The normalized spacial score (nSPS) is 12.0. The minimum absolute atomic E-state index is 0.167. The van der Waals surface area contributed by atoms with Gasteiger partial charge in [0.25, 0.3) is 0 Å². The number of benzene rings is 2. The lowest BCUT2D eigenvalue weighted by molar-refractivity contribution is -0.121. The van der Waals surface area contributed by atoms with Gasteiger partial charge in [0, 0.05) is 22.9 Å². The van der Waals surface area contributed by atoms with E-state index in [0.29, 0.717) is 33.7 Å². The second-order valence-electron chi connectivity index (χ2n) is 6.05. The highest BCUT2D eigenvalue weighted by atomic mass is 35.5. The molecule has 0 fully saturated rings. The molecule has 1 heterocycles. The fraction of sp³-hybridized carbons (Fsp3) is 0.200. The van der Waals surface area contributed by atoms with Crippen LogP contribution in [0.25, 0.3) is 11.3 Å². The Morgan fingerprint density at radius 2 is 2.04 bits per heavy atom. The number of carbonyl (C=O) groups is 1. The lowest BCUT2D eigenvalue weighted by Gasteiger charge is -2.15. The predicted octanol–water partition coefficient (Wildman–Crippen LogP) is 5.60. The Morgan fingerprint density at radius 1 is 1.26 bits per heavy atom. The first kappa shape index (κ1) is 19.4. The molecule has 1 atom stereocenters. The Morgan fingerprint density at radius 3 is 2.78 bits per heavy atom. The zero-order chi connectivity index (χ0) is 19.4. The van der Waals surface area contributed by atoms with Crippen LogP contribution < -0.4 is 5.32 Å². The van der Waals surface area contributed by atoms with Crippen LogP contribution in [0.1, 0.15) is 30.8 Å². The van der Waals surface area contributed by atoms with E-state index in [1.54, 1.807) is 36.4 Å². The van der Waals surface area contributed by atoms with Gasteiger partial charge in [0.05, 0.1) is 17.8 Å². The SMILES string of the molecule is CC(NC(=O)CCc1ncc(-c2ccccc2F)o1)c1ccc(Cl)cc1Cl. The van der Waals surface area contributed by atoms with E-state index in [4.69, 9.17) is 27.6 Å². The molecule has 1 aromatic heterocycles. The Kier molecular flexibility index (Phi) is 6.14. The molecule has 3 aromatic rings. The van der Waals surface area contributed by atoms with Gasteiger partial charge >= 0.3 is 0 Å². The van der Waals surface area contributed by atoms with Crippen LogP contribution in [0.3, 0.4) is 0 Å². The van der Waals surface area contributed by atoms with E-state index in [2.05, 4.69) is 10.3 Å². The number of carbonyl (C=O) groups excluding carboxylic acids is 1. The predicted molar refractivity (Wildman–Crippen MR) is 103 cm³/mol. The van der Waals surface area contributed by atoms with E-state index in [1.165, 1.54) is 12.3 Å². The second kappa shape index (κ2) is 8.55. The number of amides is 1. The number of hydrogen-bond donors (Lipinski definition) is 1. The zero-order valence-electron chi connectivity index (χ0n) is 14.5. The molecule has 3 rings (SSSR count). The summed E-state index contributed by atoms with van der Waals surface area (Å²) in [6.45, 7) is 1.84. The summed E-state index contributed by atoms with van der Waals surface area (Å²) in [4.78, 5) is 16.3. The van der Waals surface area contributed by atoms with Gasteiger partial charge in [-0.3, -0.25) is 4.79 Å². The van der Waals surface area contributed by atoms with Gasteiger partial charge in [-0.15, -0.1) is 0 Å². The quantitative estimate of drug-likeness (QED) is 0.579. The van der Waals surface area contributed by atoms with Gasteiger partial charge in [0.1, 0.15) is 5.82 Å². The first-order chi connectivity index (χ1) is 12.9. The summed E-state index contributed by atoms with van der Waals surface area (Å²) in [5, 5.41) is 3.91. The molecule has 7 heteroatoms. The number of hydrogen-bond acceptors (Lipinski definition) is 3. The smallest absolute Gasteiger partial charge is 0.220 e. The van der Waals surface area contributed by atoms with Crippen LogP contribution in [0.4, 0.5) is 4.39 Å². The molecule has 0 saturated heterocycles. The molecule has 1 unspecified atom stereocenters. The third-order valence-corrected chi connectivity index (χ3v) is 4.63. The average Bonchev–Trinajstić information content (AvgIpc) is 3.09. The van der Waals surface area contributed by atoms with Crippen molar-refractivity contribution >= 4 is 29.1 Å². The Bertz CT molecular complexity index is 959. The van der Waals surface area contributed by atoms with Crippen molar-refractivity contribution in [1.82, 2.24) is 10.3 Å². The monoisotopic (exact) mass is 406 g/mol. The topological polar surface area (TPSA) is 55.1 Å². The molecule has 0 aliphatic rings. The van der Waals surface area contributed by atoms with Gasteiger partial charge in [-0.05, 0) is 36.8 Å². The molecule has 140 valence electrons. The highest BCUT2D eigenvalue weighted by Gasteiger charge is 2.15. The van der Waals surface area contributed by atoms with E-state index in [9.17, 15) is 9.18 Å². The van der Waals surface area contributed by atoms with E-state index in [1.807, 2.05) is 6.92 Å². The van der Waals surface area contributed by atoms with Crippen LogP contribution in [0.5, 0.6) is 0 Å². The molecular weight excluding hydrogens is 390 g/mol. The molecule has 2 aromatic carbocycles. The fourth-order valence-corrected chi connectivity index (χ4v) is 3.25. The number of nitrogens with one attached hydrogen (secondary N) is 1. The first-order valence-electron chi connectivity index (χ1n) is 8.38. The highest BCUT2D eigenvalue weighted by Crippen LogP contribution is 2.26. The van der Waals surface area contributed by atoms with E-state index >= 15 is 0 Å². The molecule has 0 radical (unpaired) electrons. The van der Waals surface area contributed by atoms with Crippen molar-refractivity contribution in [2.75, 3.05) is 0 Å². The Labute approximate surface area is 166 Å². The van der Waals surface area contributed by atoms with Gasteiger partial charge in [0.2, 0.25) is 5.91 Å². The van der Waals surface area contributed by atoms with Gasteiger partial charge in [-0.1, -0.05) is 41.4 Å². The molecular formula is C20H17Cl2FN2O2. The molecule has 4 nitrogen and oxygen atoms in total. The summed E-state index contributed by atoms with van der Waals surface area (Å²) in [5.41, 5.74) is 1.12. The van der Waals surface area contributed by atoms with Gasteiger partial charge < -0.3 is 9.73 Å². The third kappa shape index (κ3) is 4.87. The number of rotatable bonds is 6. The van der Waals surface area contributed by atoms with Crippen molar-refractivity contribution in [1.29, 1.82) is 0 Å². The van der Waals surface area contributed by atoms with Crippen LogP contribution in [0.2, 0.25) is 10.0 Å². The Balaban J connectivity index is 1.57. The van der Waals surface area contributed by atoms with E-state index in [-0.39, 0.29) is 24.2 Å². The standard InChI is InChI=1S/C20H17Cl2FN2O2/c1-12(14-7-6-13(21)10-16(14)22)25-19(26)8-9-20-24-11-18(27-20)15-4-2-3-5-17(15)23/h2-7,10-12H,8-9H2,1H3,(H,25,26). The summed E-state index contributed by atoms with van der Waals surface area (Å²) in [6, 6.07) is 11.2. The molecule has 0 aliphatic carbocycles. The molecule has 1 amide bonds. The largest absolute Gasteiger partial charge is 0.441 e. The molecule has 27 heavy (non-hydrogen) atoms. The van der Waals surface area contributed by atoms with Crippen LogP contribution in [-0.4, -0.2) is 10.9 Å². The lowest BCUT2D eigenvalue weighted by atomic mass is 10.1. The molecule has 0 aliphatic heterocycles. The number of aryl methyl sites for hydroxylation is 1. The second-order valence-corrected chi connectivity index (χ2v) is 6.90. The number of aromatic nitrogens is 1. The maximum absolute atomic E-state index is 13.8. The maximum Gasteiger partial charge on any atom is 0.220 e. The summed E-state index contributed by atoms with van der Waals surface area (Å²) in [6.07, 6.45) is 1.95. The van der Waals surface area contributed by atoms with Crippen molar-refractivity contribution in [3.8, 4) is 11.3 Å². The minimum atomic E-state index is -0.383. The lowest BCUT2D eigenvalue weighted by Crippen LogP contribution is -2.27. The Hall–Kier alpha value is -2.37. The minimum Gasteiger partial charge on any atom is -0.441 e. The molecule has 0 saturated carbocycles. The fourth-order valence-electron chi connectivity index (χ4n) is 2.68. The third-order valence-electron chi connectivity index (χ3n) is 4.07. The van der Waals surface area contributed by atoms with Crippen molar-refractivity contribution in [3.63, 3.8) is 0 Å². The summed E-state index contributed by atoms with van der Waals surface area (Å²) in [7, 11) is 0. The molecule has 0 spiro atoms. The zero-order valence-corrected chi connectivity index (χ0v) is 16.0. The van der Waals surface area contributed by atoms with Gasteiger partial charge in [0.15, 0.2) is 11.7 Å². The number of nitrogens with zero attached hydrogens (tertiary/aromatic N) is 1. The van der Waals surface area contributed by atoms with Crippen molar-refractivity contribution in [2.45, 2.75) is 25.8 Å². The van der Waals surface area contributed by atoms with E-state index in [0.717, 1.165) is 5.56 Å². The van der Waals surface area contributed by atoms with Crippen molar-refractivity contribution < 1.29 is 13.6 Å². The van der Waals surface area contributed by atoms with Crippen molar-refractivity contribution in [3.05, 3.63) is 76.0 Å². The van der Waals surface area contributed by atoms with Crippen LogP contribution >= 0.6 is 23.2 Å².